The lowest BCUT2D eigenvalue weighted by atomic mass is 9.52. The summed E-state index contributed by atoms with van der Waals surface area (Å²) in [5, 5.41) is 22.9. The van der Waals surface area contributed by atoms with E-state index in [0.717, 1.165) is 76.4 Å². The van der Waals surface area contributed by atoms with Crippen molar-refractivity contribution in [2.24, 2.45) is 5.92 Å². The van der Waals surface area contributed by atoms with Gasteiger partial charge in [0.2, 0.25) is 0 Å². The predicted molar refractivity (Wildman–Crippen MR) is 125 cm³/mol. The first kappa shape index (κ1) is 20.6. The Morgan fingerprint density at radius 2 is 1.88 bits per heavy atom. The lowest BCUT2D eigenvalue weighted by Gasteiger charge is -2.61. The minimum absolute atomic E-state index is 0.185. The molecule has 2 aliphatic heterocycles. The molecule has 2 bridgehead atoms. The molecule has 2 N–H and O–H groups in total. The number of rotatable bonds is 5. The second kappa shape index (κ2) is 7.82. The van der Waals surface area contributed by atoms with Crippen LogP contribution >= 0.6 is 0 Å². The Balaban J connectivity index is 1.31. The summed E-state index contributed by atoms with van der Waals surface area (Å²) in [6, 6.07) is 12.2. The number of aliphatic hydroxyl groups is 1. The highest BCUT2D eigenvalue weighted by atomic mass is 16.3. The van der Waals surface area contributed by atoms with Crippen LogP contribution in [0.5, 0.6) is 5.75 Å². The van der Waals surface area contributed by atoms with Crippen LogP contribution < -0.4 is 0 Å². The molecule has 1 saturated carbocycles. The van der Waals surface area contributed by atoms with Gasteiger partial charge in [-0.05, 0) is 92.9 Å². The van der Waals surface area contributed by atoms with Gasteiger partial charge in [-0.25, -0.2) is 0 Å². The monoisotopic (exact) mass is 433 g/mol. The Bertz CT molecular complexity index is 978. The molecule has 0 radical (unpaired) electrons. The van der Waals surface area contributed by atoms with Gasteiger partial charge in [-0.2, -0.15) is 0 Å². The SMILES string of the molecule is Oc1ccc2c(c1)C13CCN(CCc4ccccn4)CCC1(O)C(C2)N(CC1CC1)CC3. The summed E-state index contributed by atoms with van der Waals surface area (Å²) in [7, 11) is 0. The molecule has 0 amide bonds. The highest BCUT2D eigenvalue weighted by molar-refractivity contribution is 5.48. The molecule has 5 nitrogen and oxygen atoms in total. The van der Waals surface area contributed by atoms with E-state index >= 15 is 0 Å². The molecular formula is C27H35N3O2. The number of hydrogen-bond donors (Lipinski definition) is 2. The number of benzene rings is 1. The molecule has 32 heavy (non-hydrogen) atoms. The number of likely N-dealkylation sites (tertiary alicyclic amines) is 2. The van der Waals surface area contributed by atoms with Crippen LogP contribution in [0.3, 0.4) is 0 Å². The van der Waals surface area contributed by atoms with Crippen LogP contribution in [0.25, 0.3) is 0 Å². The number of phenols is 1. The molecule has 170 valence electrons. The minimum atomic E-state index is -0.735. The van der Waals surface area contributed by atoms with Gasteiger partial charge in [0.1, 0.15) is 5.75 Å². The van der Waals surface area contributed by atoms with E-state index in [9.17, 15) is 10.2 Å². The number of aromatic nitrogens is 1. The van der Waals surface area contributed by atoms with Crippen molar-refractivity contribution in [3.8, 4) is 5.75 Å². The third kappa shape index (κ3) is 3.37. The summed E-state index contributed by atoms with van der Waals surface area (Å²) in [5.74, 6) is 1.16. The van der Waals surface area contributed by atoms with Crippen molar-refractivity contribution in [2.75, 3.05) is 32.7 Å². The first-order valence-corrected chi connectivity index (χ1v) is 12.5. The Morgan fingerprint density at radius 1 is 1.03 bits per heavy atom. The number of piperidine rings is 1. The van der Waals surface area contributed by atoms with E-state index in [-0.39, 0.29) is 11.5 Å². The van der Waals surface area contributed by atoms with Crippen LogP contribution in [-0.2, 0) is 18.3 Å². The van der Waals surface area contributed by atoms with Crippen molar-refractivity contribution in [1.82, 2.24) is 14.8 Å². The zero-order valence-electron chi connectivity index (χ0n) is 18.9. The van der Waals surface area contributed by atoms with E-state index in [1.165, 1.54) is 24.0 Å². The first-order valence-electron chi connectivity index (χ1n) is 12.5. The smallest absolute Gasteiger partial charge is 0.115 e. The number of phenolic OH excluding ortho intramolecular Hbond substituents is 1. The van der Waals surface area contributed by atoms with Gasteiger partial charge in [0.15, 0.2) is 0 Å². The Labute approximate surface area is 191 Å². The quantitative estimate of drug-likeness (QED) is 0.759. The second-order valence-corrected chi connectivity index (χ2v) is 10.7. The predicted octanol–water partition coefficient (Wildman–Crippen LogP) is 3.14. The molecule has 5 heteroatoms. The van der Waals surface area contributed by atoms with E-state index in [4.69, 9.17) is 0 Å². The molecule has 2 aromatic rings. The van der Waals surface area contributed by atoms with E-state index in [1.54, 1.807) is 0 Å². The molecule has 2 aliphatic carbocycles. The number of pyridine rings is 1. The van der Waals surface area contributed by atoms with Gasteiger partial charge in [-0.15, -0.1) is 0 Å². The number of fused-ring (bicyclic) bond motifs is 1. The van der Waals surface area contributed by atoms with Crippen LogP contribution in [0.2, 0.25) is 0 Å². The van der Waals surface area contributed by atoms with Gasteiger partial charge >= 0.3 is 0 Å². The molecule has 3 fully saturated rings. The summed E-state index contributed by atoms with van der Waals surface area (Å²) in [5.41, 5.74) is 2.69. The molecule has 0 spiro atoms. The van der Waals surface area contributed by atoms with Crippen molar-refractivity contribution >= 4 is 0 Å². The maximum Gasteiger partial charge on any atom is 0.115 e. The van der Waals surface area contributed by atoms with Crippen LogP contribution in [0, 0.1) is 5.92 Å². The normalized spacial score (nSPS) is 32.7. The van der Waals surface area contributed by atoms with Gasteiger partial charge in [-0.3, -0.25) is 9.88 Å². The van der Waals surface area contributed by atoms with Gasteiger partial charge in [0, 0.05) is 49.4 Å². The average molecular weight is 434 g/mol. The summed E-state index contributed by atoms with van der Waals surface area (Å²) in [6.45, 7) is 5.09. The lowest BCUT2D eigenvalue weighted by molar-refractivity contribution is -0.149. The van der Waals surface area contributed by atoms with Crippen LogP contribution in [0.4, 0.5) is 0 Å². The number of hydrogen-bond acceptors (Lipinski definition) is 5. The molecule has 1 aromatic carbocycles. The molecule has 4 aliphatic rings. The van der Waals surface area contributed by atoms with Crippen molar-refractivity contribution < 1.29 is 10.2 Å². The Hall–Kier alpha value is -1.95. The van der Waals surface area contributed by atoms with Crippen molar-refractivity contribution in [1.29, 1.82) is 0 Å². The fourth-order valence-corrected chi connectivity index (χ4v) is 6.95. The zero-order valence-corrected chi connectivity index (χ0v) is 18.9. The molecule has 2 saturated heterocycles. The first-order chi connectivity index (χ1) is 15.6. The van der Waals surface area contributed by atoms with E-state index in [0.29, 0.717) is 5.75 Å². The topological polar surface area (TPSA) is 59.8 Å². The van der Waals surface area contributed by atoms with Crippen molar-refractivity contribution in [2.45, 2.75) is 62.0 Å². The fraction of sp³-hybridized carbons (Fsp3) is 0.593. The maximum atomic E-state index is 12.5. The summed E-state index contributed by atoms with van der Waals surface area (Å²) < 4.78 is 0. The van der Waals surface area contributed by atoms with Gasteiger partial charge in [-0.1, -0.05) is 12.1 Å². The zero-order chi connectivity index (χ0) is 21.8. The maximum absolute atomic E-state index is 12.5. The van der Waals surface area contributed by atoms with Gasteiger partial charge < -0.3 is 15.1 Å². The van der Waals surface area contributed by atoms with Gasteiger partial charge in [0.05, 0.1) is 5.60 Å². The summed E-state index contributed by atoms with van der Waals surface area (Å²) in [4.78, 5) is 9.65. The van der Waals surface area contributed by atoms with Crippen LogP contribution in [0.15, 0.2) is 42.6 Å². The van der Waals surface area contributed by atoms with Crippen LogP contribution in [-0.4, -0.2) is 69.4 Å². The molecule has 3 atom stereocenters. The minimum Gasteiger partial charge on any atom is -0.508 e. The molecule has 6 rings (SSSR count). The van der Waals surface area contributed by atoms with Crippen molar-refractivity contribution in [3.05, 3.63) is 59.4 Å². The van der Waals surface area contributed by atoms with Crippen LogP contribution in [0.1, 0.15) is 48.9 Å². The summed E-state index contributed by atoms with van der Waals surface area (Å²) >= 11 is 0. The van der Waals surface area contributed by atoms with Gasteiger partial charge in [0.25, 0.3) is 0 Å². The van der Waals surface area contributed by atoms with Crippen molar-refractivity contribution in [3.63, 3.8) is 0 Å². The molecule has 3 unspecified atom stereocenters. The third-order valence-corrected chi connectivity index (χ3v) is 8.93. The Morgan fingerprint density at radius 3 is 2.69 bits per heavy atom. The molecular weight excluding hydrogens is 398 g/mol. The Kier molecular flexibility index (Phi) is 5.05. The number of aromatic hydroxyl groups is 1. The fourth-order valence-electron chi connectivity index (χ4n) is 6.95. The largest absolute Gasteiger partial charge is 0.508 e. The average Bonchev–Trinajstić information content (AvgIpc) is 3.63. The molecule has 3 heterocycles. The second-order valence-electron chi connectivity index (χ2n) is 10.7. The third-order valence-electron chi connectivity index (χ3n) is 8.93. The molecule has 1 aromatic heterocycles. The highest BCUT2D eigenvalue weighted by Gasteiger charge is 2.63. The number of nitrogens with zero attached hydrogens (tertiary/aromatic N) is 3. The van der Waals surface area contributed by atoms with E-state index < -0.39 is 5.60 Å². The summed E-state index contributed by atoms with van der Waals surface area (Å²) in [6.07, 6.45) is 9.14. The highest BCUT2D eigenvalue weighted by Crippen LogP contribution is 2.56. The lowest BCUT2D eigenvalue weighted by Crippen LogP contribution is -2.71. The van der Waals surface area contributed by atoms with E-state index in [1.807, 2.05) is 24.4 Å². The van der Waals surface area contributed by atoms with E-state index in [2.05, 4.69) is 33.0 Å². The standard InChI is InChI=1S/C27H35N3O2/c31-23-7-6-21-17-25-27(32)11-15-29(13-8-22-3-1-2-12-28-22)14-9-26(27,24(21)18-23)10-16-30(25)19-20-4-5-20/h1-3,6-7,12,18,20,25,31-32H,4-5,8-11,13-17,19H2.